The molecule has 1 nitrogen and oxygen atoms in total. The topological polar surface area (TPSA) is 0 Å². The lowest BCUT2D eigenvalue weighted by Gasteiger charge is -2.50. The van der Waals surface area contributed by atoms with E-state index in [1.807, 2.05) is 6.08 Å². The molecule has 24 heavy (non-hydrogen) atoms. The van der Waals surface area contributed by atoms with Crippen molar-refractivity contribution in [2.45, 2.75) is 82.8 Å². The van der Waals surface area contributed by atoms with Crippen LogP contribution >= 0.6 is 0 Å². The molecule has 0 aromatic heterocycles. The summed E-state index contributed by atoms with van der Waals surface area (Å²) in [6, 6.07) is 10.9. The molecule has 1 aromatic rings. The molecule has 0 aliphatic heterocycles. The number of benzene rings is 1. The summed E-state index contributed by atoms with van der Waals surface area (Å²) in [5.74, 6) is 0. The zero-order valence-electron chi connectivity index (χ0n) is 15.4. The first-order valence-corrected chi connectivity index (χ1v) is 9.78. The second kappa shape index (κ2) is 9.06. The van der Waals surface area contributed by atoms with E-state index in [1.54, 1.807) is 0 Å². The maximum absolute atomic E-state index is 3.88. The molecule has 0 heterocycles. The molecule has 0 N–H and O–H groups in total. The molecule has 2 aliphatic rings. The molecule has 134 valence electrons. The third-order valence-electron chi connectivity index (χ3n) is 6.56. The number of nitrogens with zero attached hydrogens (tertiary/aromatic N) is 1. The highest BCUT2D eigenvalue weighted by molar-refractivity contribution is 5.47. The summed E-state index contributed by atoms with van der Waals surface area (Å²) in [7, 11) is 2.58. The normalized spacial score (nSPS) is 20.4. The highest BCUT2D eigenvalue weighted by Gasteiger charge is 2.40. The number of halogens is 1. The lowest BCUT2D eigenvalue weighted by molar-refractivity contribution is -0.971. The molecule has 2 heteroatoms. The molecule has 2 saturated carbocycles. The van der Waals surface area contributed by atoms with Gasteiger partial charge in [0.1, 0.15) is 6.54 Å². The van der Waals surface area contributed by atoms with Gasteiger partial charge in [0.2, 0.25) is 0 Å². The number of hydrogen-bond donors (Lipinski definition) is 0. The van der Waals surface area contributed by atoms with Crippen LogP contribution in [0.3, 0.4) is 0 Å². The number of rotatable bonds is 5. The second-order valence-corrected chi connectivity index (χ2v) is 8.03. The fourth-order valence-corrected chi connectivity index (χ4v) is 5.05. The summed E-state index contributed by atoms with van der Waals surface area (Å²) in [6.45, 7) is 5.09. The second-order valence-electron chi connectivity index (χ2n) is 8.03. The molecule has 2 fully saturated rings. The zero-order chi connectivity index (χ0) is 16.1. The van der Waals surface area contributed by atoms with E-state index in [-0.39, 0.29) is 12.4 Å². The SMILES string of the molecule is C=Cc1ccc(C[N+](C)(C2CCCCC2)C2CCCCC2)cc1.[Cl-]. The monoisotopic (exact) mass is 347 g/mol. The van der Waals surface area contributed by atoms with Crippen molar-refractivity contribution in [2.75, 3.05) is 7.05 Å². The predicted molar refractivity (Wildman–Crippen MR) is 100 cm³/mol. The van der Waals surface area contributed by atoms with Crippen LogP contribution in [0.15, 0.2) is 30.8 Å². The summed E-state index contributed by atoms with van der Waals surface area (Å²) in [5, 5.41) is 0. The van der Waals surface area contributed by atoms with E-state index in [1.165, 1.54) is 86.4 Å². The van der Waals surface area contributed by atoms with Crippen molar-refractivity contribution in [3.8, 4) is 0 Å². The molecule has 0 atom stereocenters. The quantitative estimate of drug-likeness (QED) is 0.718. The molecule has 3 rings (SSSR count). The minimum Gasteiger partial charge on any atom is -1.00 e. The largest absolute Gasteiger partial charge is 1.00 e. The Kier molecular flexibility index (Phi) is 7.37. The van der Waals surface area contributed by atoms with Crippen LogP contribution < -0.4 is 12.4 Å². The lowest BCUT2D eigenvalue weighted by atomic mass is 9.85. The van der Waals surface area contributed by atoms with E-state index in [0.29, 0.717) is 0 Å². The maximum Gasteiger partial charge on any atom is 0.105 e. The Balaban J connectivity index is 0.00000208. The molecule has 0 amide bonds. The van der Waals surface area contributed by atoms with Crippen molar-refractivity contribution in [3.05, 3.63) is 42.0 Å². The Bertz CT molecular complexity index is 477. The van der Waals surface area contributed by atoms with Crippen molar-refractivity contribution >= 4 is 6.08 Å². The third kappa shape index (κ3) is 4.43. The van der Waals surface area contributed by atoms with Crippen molar-refractivity contribution in [3.63, 3.8) is 0 Å². The minimum atomic E-state index is 0. The molecule has 0 unspecified atom stereocenters. The van der Waals surface area contributed by atoms with Gasteiger partial charge in [-0.2, -0.15) is 0 Å². The van der Waals surface area contributed by atoms with E-state index in [9.17, 15) is 0 Å². The van der Waals surface area contributed by atoms with E-state index in [4.69, 9.17) is 0 Å². The van der Waals surface area contributed by atoms with E-state index >= 15 is 0 Å². The lowest BCUT2D eigenvalue weighted by Crippen LogP contribution is -3.00. The van der Waals surface area contributed by atoms with Crippen molar-refractivity contribution in [1.29, 1.82) is 0 Å². The Morgan fingerprint density at radius 3 is 1.75 bits per heavy atom. The molecule has 0 bridgehead atoms. The molecule has 0 saturated heterocycles. The highest BCUT2D eigenvalue weighted by Crippen LogP contribution is 2.37. The van der Waals surface area contributed by atoms with Crippen molar-refractivity contribution in [1.82, 2.24) is 0 Å². The van der Waals surface area contributed by atoms with Gasteiger partial charge in [-0.25, -0.2) is 0 Å². The van der Waals surface area contributed by atoms with Gasteiger partial charge in [0.25, 0.3) is 0 Å². The average Bonchev–Trinajstić information content (AvgIpc) is 2.64. The van der Waals surface area contributed by atoms with E-state index < -0.39 is 0 Å². The van der Waals surface area contributed by atoms with Crippen molar-refractivity contribution in [2.24, 2.45) is 0 Å². The molecule has 2 aliphatic carbocycles. The standard InChI is InChI=1S/C22H34N.ClH/c1-3-19-14-16-20(17-15-19)18-23(2,21-10-6-4-7-11-21)22-12-8-5-9-13-22;/h3,14-17,21-22H,1,4-13,18H2,2H3;1H/q+1;/p-1. The predicted octanol–water partition coefficient (Wildman–Crippen LogP) is 2.95. The summed E-state index contributed by atoms with van der Waals surface area (Å²) < 4.78 is 1.30. The van der Waals surface area contributed by atoms with Gasteiger partial charge in [-0.3, -0.25) is 0 Å². The van der Waals surface area contributed by atoms with Gasteiger partial charge >= 0.3 is 0 Å². The van der Waals surface area contributed by atoms with Crippen LogP contribution in [0.25, 0.3) is 6.08 Å². The van der Waals surface area contributed by atoms with E-state index in [2.05, 4.69) is 37.9 Å². The van der Waals surface area contributed by atoms with Crippen molar-refractivity contribution < 1.29 is 16.9 Å². The fraction of sp³-hybridized carbons (Fsp3) is 0.636. The Labute approximate surface area is 155 Å². The van der Waals surface area contributed by atoms with Crippen LogP contribution in [-0.4, -0.2) is 23.6 Å². The molecule has 1 aromatic carbocycles. The highest BCUT2D eigenvalue weighted by atomic mass is 35.5. The first-order chi connectivity index (χ1) is 11.2. The van der Waals surface area contributed by atoms with Gasteiger partial charge < -0.3 is 16.9 Å². The van der Waals surface area contributed by atoms with Gasteiger partial charge in [0.15, 0.2) is 0 Å². The van der Waals surface area contributed by atoms with Crippen LogP contribution in [0.1, 0.15) is 75.3 Å². The zero-order valence-corrected chi connectivity index (χ0v) is 16.1. The van der Waals surface area contributed by atoms with Crippen LogP contribution in [0.2, 0.25) is 0 Å². The minimum absolute atomic E-state index is 0. The van der Waals surface area contributed by atoms with E-state index in [0.717, 1.165) is 12.1 Å². The smallest absolute Gasteiger partial charge is 0.105 e. The third-order valence-corrected chi connectivity index (χ3v) is 6.56. The summed E-state index contributed by atoms with van der Waals surface area (Å²) in [6.07, 6.45) is 16.4. The van der Waals surface area contributed by atoms with Gasteiger partial charge in [0.05, 0.1) is 19.1 Å². The van der Waals surface area contributed by atoms with Gasteiger partial charge in [-0.15, -0.1) is 0 Å². The first kappa shape index (κ1) is 19.5. The Morgan fingerprint density at radius 1 is 0.875 bits per heavy atom. The summed E-state index contributed by atoms with van der Waals surface area (Å²) in [4.78, 5) is 0. The van der Waals surface area contributed by atoms with Gasteiger partial charge in [-0.05, 0) is 56.9 Å². The molecule has 0 spiro atoms. The van der Waals surface area contributed by atoms with Crippen LogP contribution in [0.5, 0.6) is 0 Å². The fourth-order valence-electron chi connectivity index (χ4n) is 5.05. The van der Waals surface area contributed by atoms with Gasteiger partial charge in [-0.1, -0.05) is 49.8 Å². The van der Waals surface area contributed by atoms with Gasteiger partial charge in [0, 0.05) is 5.56 Å². The van der Waals surface area contributed by atoms with Crippen LogP contribution in [0.4, 0.5) is 0 Å². The Morgan fingerprint density at radius 2 is 1.33 bits per heavy atom. The maximum atomic E-state index is 3.88. The number of quaternary nitrogens is 1. The summed E-state index contributed by atoms with van der Waals surface area (Å²) >= 11 is 0. The first-order valence-electron chi connectivity index (χ1n) is 9.78. The van der Waals surface area contributed by atoms with Crippen LogP contribution in [-0.2, 0) is 6.54 Å². The number of hydrogen-bond acceptors (Lipinski definition) is 0. The molecular weight excluding hydrogens is 314 g/mol. The molecular formula is C22H34ClN. The summed E-state index contributed by atoms with van der Waals surface area (Å²) in [5.41, 5.74) is 2.74. The Hall–Kier alpha value is -0.790. The average molecular weight is 348 g/mol. The molecule has 0 radical (unpaired) electrons. The van der Waals surface area contributed by atoms with Crippen LogP contribution in [0, 0.1) is 0 Å².